The molecule has 1 N–H and O–H groups in total. The monoisotopic (exact) mass is 343 g/mol. The second-order valence-corrected chi connectivity index (χ2v) is 4.86. The fourth-order valence-electron chi connectivity index (χ4n) is 1.57. The highest BCUT2D eigenvalue weighted by Gasteiger charge is 2.16. The fourth-order valence-corrected chi connectivity index (χ4v) is 1.99. The van der Waals surface area contributed by atoms with E-state index in [-0.39, 0.29) is 28.2 Å². The van der Waals surface area contributed by atoms with E-state index in [0.29, 0.717) is 13.2 Å². The molecule has 0 atom stereocenters. The Morgan fingerprint density at radius 1 is 1.60 bits per heavy atom. The van der Waals surface area contributed by atoms with Gasteiger partial charge >= 0.3 is 0 Å². The van der Waals surface area contributed by atoms with Crippen molar-refractivity contribution in [2.24, 2.45) is 0 Å². The summed E-state index contributed by atoms with van der Waals surface area (Å²) in [6, 6.07) is 4.85. The molecule has 0 aliphatic heterocycles. The summed E-state index contributed by atoms with van der Waals surface area (Å²) in [5, 5.41) is 11.5. The topological polar surface area (TPSA) is 65.4 Å². The van der Waals surface area contributed by atoms with Gasteiger partial charge in [-0.05, 0) is 28.1 Å². The molecule has 0 aliphatic carbocycles. The first-order valence-electron chi connectivity index (χ1n) is 5.86. The minimum Gasteiger partial charge on any atom is -0.383 e. The van der Waals surface area contributed by atoms with Crippen molar-refractivity contribution in [2.45, 2.75) is 0 Å². The van der Waals surface area contributed by atoms with Crippen LogP contribution >= 0.6 is 15.9 Å². The molecule has 1 amide bonds. The number of hydrogen-bond donors (Lipinski definition) is 1. The lowest BCUT2D eigenvalue weighted by molar-refractivity contribution is -0.119. The van der Waals surface area contributed by atoms with Crippen LogP contribution in [-0.2, 0) is 9.53 Å². The maximum Gasteiger partial charge on any atom is 0.239 e. The molecule has 0 aliphatic rings. The fraction of sp³-hybridized carbons (Fsp3) is 0.385. The normalized spacial score (nSPS) is 9.95. The molecule has 0 unspecified atom stereocenters. The van der Waals surface area contributed by atoms with E-state index >= 15 is 0 Å². The molecule has 0 radical (unpaired) electrons. The van der Waals surface area contributed by atoms with Crippen LogP contribution < -0.4 is 10.2 Å². The number of benzene rings is 1. The van der Waals surface area contributed by atoms with Gasteiger partial charge < -0.3 is 15.0 Å². The van der Waals surface area contributed by atoms with Gasteiger partial charge in [-0.3, -0.25) is 4.79 Å². The third-order valence-electron chi connectivity index (χ3n) is 2.60. The Labute approximate surface area is 125 Å². The van der Waals surface area contributed by atoms with Crippen LogP contribution in [0.1, 0.15) is 5.56 Å². The summed E-state index contributed by atoms with van der Waals surface area (Å²) in [4.78, 5) is 13.1. The van der Waals surface area contributed by atoms with E-state index in [0.717, 1.165) is 0 Å². The number of rotatable bonds is 6. The van der Waals surface area contributed by atoms with Gasteiger partial charge in [-0.1, -0.05) is 0 Å². The Kier molecular flexibility index (Phi) is 6.42. The van der Waals surface area contributed by atoms with Gasteiger partial charge in [-0.25, -0.2) is 4.39 Å². The maximum absolute atomic E-state index is 14.1. The second kappa shape index (κ2) is 7.82. The predicted octanol–water partition coefficient (Wildman–Crippen LogP) is 1.66. The highest BCUT2D eigenvalue weighted by molar-refractivity contribution is 9.10. The minimum absolute atomic E-state index is 0.0129. The van der Waals surface area contributed by atoms with Crippen molar-refractivity contribution in [1.29, 1.82) is 5.26 Å². The molecule has 0 spiro atoms. The van der Waals surface area contributed by atoms with Gasteiger partial charge in [0.1, 0.15) is 6.07 Å². The number of nitriles is 1. The Morgan fingerprint density at radius 3 is 2.90 bits per heavy atom. The van der Waals surface area contributed by atoms with Gasteiger partial charge in [0.2, 0.25) is 5.91 Å². The van der Waals surface area contributed by atoms with Crippen molar-refractivity contribution in [1.82, 2.24) is 5.32 Å². The molecule has 1 aromatic rings. The third kappa shape index (κ3) is 4.18. The summed E-state index contributed by atoms with van der Waals surface area (Å²) >= 11 is 3.04. The Bertz CT molecular complexity index is 531. The molecule has 0 saturated heterocycles. The second-order valence-electron chi connectivity index (χ2n) is 4.07. The van der Waals surface area contributed by atoms with Gasteiger partial charge in [-0.2, -0.15) is 5.26 Å². The van der Waals surface area contributed by atoms with Crippen LogP contribution in [0.25, 0.3) is 0 Å². The number of carbonyl (C=O) groups is 1. The Morgan fingerprint density at radius 2 is 2.30 bits per heavy atom. The van der Waals surface area contributed by atoms with E-state index in [1.54, 1.807) is 14.2 Å². The van der Waals surface area contributed by atoms with E-state index in [1.807, 2.05) is 6.07 Å². The highest BCUT2D eigenvalue weighted by atomic mass is 79.9. The summed E-state index contributed by atoms with van der Waals surface area (Å²) in [6.45, 7) is 0.841. The largest absolute Gasteiger partial charge is 0.383 e. The first kappa shape index (κ1) is 16.4. The molecule has 0 saturated carbocycles. The zero-order valence-electron chi connectivity index (χ0n) is 11.2. The van der Waals surface area contributed by atoms with Crippen molar-refractivity contribution in [3.8, 4) is 6.07 Å². The third-order valence-corrected chi connectivity index (χ3v) is 3.38. The molecule has 0 heterocycles. The molecule has 1 rings (SSSR count). The number of nitrogens with one attached hydrogen (secondary N) is 1. The maximum atomic E-state index is 14.1. The number of ether oxygens (including phenoxy) is 1. The Hall–Kier alpha value is -1.65. The summed E-state index contributed by atoms with van der Waals surface area (Å²) in [5.41, 5.74) is 0.460. The molecule has 0 aromatic heterocycles. The zero-order chi connectivity index (χ0) is 15.1. The molecule has 0 fully saturated rings. The van der Waals surface area contributed by atoms with E-state index < -0.39 is 5.82 Å². The summed E-state index contributed by atoms with van der Waals surface area (Å²) in [5.74, 6) is -0.791. The number of methoxy groups -OCH3 is 1. The van der Waals surface area contributed by atoms with Crippen LogP contribution in [0.2, 0.25) is 0 Å². The van der Waals surface area contributed by atoms with E-state index in [9.17, 15) is 9.18 Å². The quantitative estimate of drug-likeness (QED) is 0.797. The first-order chi connectivity index (χ1) is 9.51. The molecule has 108 valence electrons. The minimum atomic E-state index is -0.559. The molecular weight excluding hydrogens is 329 g/mol. The Balaban J connectivity index is 2.73. The van der Waals surface area contributed by atoms with Crippen LogP contribution in [0.15, 0.2) is 16.6 Å². The van der Waals surface area contributed by atoms with Crippen LogP contribution in [0.4, 0.5) is 10.1 Å². The number of nitrogens with zero attached hydrogens (tertiary/aromatic N) is 2. The number of anilines is 1. The summed E-state index contributed by atoms with van der Waals surface area (Å²) < 4.78 is 19.0. The van der Waals surface area contributed by atoms with E-state index in [2.05, 4.69) is 21.2 Å². The molecule has 0 bridgehead atoms. The molecule has 20 heavy (non-hydrogen) atoms. The first-order valence-corrected chi connectivity index (χ1v) is 6.65. The summed E-state index contributed by atoms with van der Waals surface area (Å²) in [7, 11) is 3.15. The molecule has 7 heteroatoms. The zero-order valence-corrected chi connectivity index (χ0v) is 12.8. The van der Waals surface area contributed by atoms with Gasteiger partial charge in [0.15, 0.2) is 5.82 Å². The van der Waals surface area contributed by atoms with Crippen molar-refractivity contribution < 1.29 is 13.9 Å². The van der Waals surface area contributed by atoms with Gasteiger partial charge in [0, 0.05) is 20.7 Å². The van der Waals surface area contributed by atoms with Crippen molar-refractivity contribution >= 4 is 27.5 Å². The van der Waals surface area contributed by atoms with Gasteiger partial charge in [-0.15, -0.1) is 0 Å². The number of amides is 1. The molecule has 1 aromatic carbocycles. The highest BCUT2D eigenvalue weighted by Crippen LogP contribution is 2.28. The van der Waals surface area contributed by atoms with E-state index in [4.69, 9.17) is 10.00 Å². The number of halogens is 2. The number of carbonyl (C=O) groups excluding carboxylic acids is 1. The van der Waals surface area contributed by atoms with Crippen LogP contribution in [0.3, 0.4) is 0 Å². The van der Waals surface area contributed by atoms with Crippen molar-refractivity contribution in [2.75, 3.05) is 38.8 Å². The van der Waals surface area contributed by atoms with Crippen LogP contribution in [-0.4, -0.2) is 39.8 Å². The van der Waals surface area contributed by atoms with Gasteiger partial charge in [0.05, 0.1) is 28.9 Å². The van der Waals surface area contributed by atoms with Crippen molar-refractivity contribution in [3.63, 3.8) is 0 Å². The van der Waals surface area contributed by atoms with Gasteiger partial charge in [0.25, 0.3) is 0 Å². The molecular formula is C13H15BrFN3O2. The average molecular weight is 344 g/mol. The standard InChI is InChI=1S/C13H15BrFN3O2/c1-18(8-11(19)17-5-6-20-2)10-4-3-9(7-16)12(14)13(10)15/h3-4H,5-6,8H2,1-2H3,(H,17,19). The number of hydrogen-bond acceptors (Lipinski definition) is 4. The smallest absolute Gasteiger partial charge is 0.239 e. The number of likely N-dealkylation sites (N-methyl/N-ethyl adjacent to an activating group) is 1. The SMILES string of the molecule is COCCNC(=O)CN(C)c1ccc(C#N)c(Br)c1F. The lowest BCUT2D eigenvalue weighted by Crippen LogP contribution is -2.37. The summed E-state index contributed by atoms with van der Waals surface area (Å²) in [6.07, 6.45) is 0. The average Bonchev–Trinajstić information content (AvgIpc) is 2.41. The lowest BCUT2D eigenvalue weighted by atomic mass is 10.2. The lowest BCUT2D eigenvalue weighted by Gasteiger charge is -2.20. The predicted molar refractivity (Wildman–Crippen MR) is 77.0 cm³/mol. The van der Waals surface area contributed by atoms with Crippen LogP contribution in [0, 0.1) is 17.1 Å². The molecule has 5 nitrogen and oxygen atoms in total. The van der Waals surface area contributed by atoms with Crippen molar-refractivity contribution in [3.05, 3.63) is 28.0 Å². The van der Waals surface area contributed by atoms with Crippen LogP contribution in [0.5, 0.6) is 0 Å². The van der Waals surface area contributed by atoms with E-state index in [1.165, 1.54) is 17.0 Å².